The summed E-state index contributed by atoms with van der Waals surface area (Å²) in [7, 11) is 0. The Morgan fingerprint density at radius 1 is 1.20 bits per heavy atom. The number of carbonyl (C=O) groups is 1. The molecule has 1 amide bonds. The first-order chi connectivity index (χ1) is 12.2. The van der Waals surface area contributed by atoms with E-state index >= 15 is 0 Å². The SMILES string of the molecule is CCOc1cccc(CCNC(=O)c2nc3ccccc3c(=O)[nH]2)c1. The van der Waals surface area contributed by atoms with Crippen molar-refractivity contribution in [2.45, 2.75) is 13.3 Å². The van der Waals surface area contributed by atoms with Gasteiger partial charge >= 0.3 is 0 Å². The van der Waals surface area contributed by atoms with Gasteiger partial charge < -0.3 is 15.0 Å². The van der Waals surface area contributed by atoms with E-state index in [0.29, 0.717) is 30.5 Å². The van der Waals surface area contributed by atoms with Gasteiger partial charge in [0.05, 0.1) is 17.5 Å². The second-order valence-electron chi connectivity index (χ2n) is 5.52. The Morgan fingerprint density at radius 3 is 2.88 bits per heavy atom. The van der Waals surface area contributed by atoms with Gasteiger partial charge in [-0.3, -0.25) is 9.59 Å². The molecule has 2 aromatic carbocycles. The molecule has 0 spiro atoms. The van der Waals surface area contributed by atoms with Gasteiger partial charge in [0.25, 0.3) is 11.5 Å². The number of ether oxygens (including phenoxy) is 1. The second-order valence-corrected chi connectivity index (χ2v) is 5.52. The fourth-order valence-electron chi connectivity index (χ4n) is 2.56. The van der Waals surface area contributed by atoms with Crippen LogP contribution in [0.25, 0.3) is 10.9 Å². The highest BCUT2D eigenvalue weighted by Gasteiger charge is 2.10. The average Bonchev–Trinajstić information content (AvgIpc) is 2.62. The van der Waals surface area contributed by atoms with Crippen molar-refractivity contribution in [3.63, 3.8) is 0 Å². The van der Waals surface area contributed by atoms with Crippen LogP contribution < -0.4 is 15.6 Å². The van der Waals surface area contributed by atoms with Crippen LogP contribution in [0.4, 0.5) is 0 Å². The Kier molecular flexibility index (Phi) is 5.09. The summed E-state index contributed by atoms with van der Waals surface area (Å²) in [6.07, 6.45) is 0.657. The van der Waals surface area contributed by atoms with Crippen LogP contribution in [-0.4, -0.2) is 29.0 Å². The smallest absolute Gasteiger partial charge is 0.287 e. The fraction of sp³-hybridized carbons (Fsp3) is 0.211. The van der Waals surface area contributed by atoms with Gasteiger partial charge in [-0.2, -0.15) is 0 Å². The zero-order valence-electron chi connectivity index (χ0n) is 13.9. The fourth-order valence-corrected chi connectivity index (χ4v) is 2.56. The molecule has 25 heavy (non-hydrogen) atoms. The van der Waals surface area contributed by atoms with E-state index in [1.54, 1.807) is 24.3 Å². The van der Waals surface area contributed by atoms with E-state index in [2.05, 4.69) is 15.3 Å². The quantitative estimate of drug-likeness (QED) is 0.723. The normalized spacial score (nSPS) is 10.6. The van der Waals surface area contributed by atoms with Crippen molar-refractivity contribution in [1.29, 1.82) is 0 Å². The molecule has 6 nitrogen and oxygen atoms in total. The number of benzene rings is 2. The molecule has 0 fully saturated rings. The lowest BCUT2D eigenvalue weighted by atomic mass is 10.1. The van der Waals surface area contributed by atoms with Crippen LogP contribution in [-0.2, 0) is 6.42 Å². The maximum absolute atomic E-state index is 12.2. The molecule has 3 aromatic rings. The number of carbonyl (C=O) groups excluding carboxylic acids is 1. The molecule has 128 valence electrons. The van der Waals surface area contributed by atoms with E-state index in [9.17, 15) is 9.59 Å². The highest BCUT2D eigenvalue weighted by Crippen LogP contribution is 2.13. The molecule has 0 saturated heterocycles. The van der Waals surface area contributed by atoms with E-state index in [1.165, 1.54) is 0 Å². The van der Waals surface area contributed by atoms with E-state index in [0.717, 1.165) is 11.3 Å². The molecule has 0 radical (unpaired) electrons. The number of hydrogen-bond acceptors (Lipinski definition) is 4. The van der Waals surface area contributed by atoms with Gasteiger partial charge in [-0.1, -0.05) is 24.3 Å². The van der Waals surface area contributed by atoms with E-state index in [4.69, 9.17) is 4.74 Å². The summed E-state index contributed by atoms with van der Waals surface area (Å²) in [4.78, 5) is 31.0. The molecule has 0 aliphatic carbocycles. The number of nitrogens with zero attached hydrogens (tertiary/aromatic N) is 1. The van der Waals surface area contributed by atoms with Gasteiger partial charge in [-0.05, 0) is 43.2 Å². The number of amides is 1. The summed E-state index contributed by atoms with van der Waals surface area (Å²) in [5.74, 6) is 0.433. The third-order valence-corrected chi connectivity index (χ3v) is 3.74. The molecular weight excluding hydrogens is 318 g/mol. The largest absolute Gasteiger partial charge is 0.494 e. The first-order valence-corrected chi connectivity index (χ1v) is 8.16. The molecule has 0 unspecified atom stereocenters. The molecule has 0 aliphatic heterocycles. The summed E-state index contributed by atoms with van der Waals surface area (Å²) in [5.41, 5.74) is 1.24. The highest BCUT2D eigenvalue weighted by atomic mass is 16.5. The maximum Gasteiger partial charge on any atom is 0.287 e. The minimum absolute atomic E-state index is 0.0202. The number of H-pyrrole nitrogens is 1. The van der Waals surface area contributed by atoms with Gasteiger partial charge in [0.15, 0.2) is 5.82 Å². The number of hydrogen-bond donors (Lipinski definition) is 2. The Labute approximate surface area is 144 Å². The van der Waals surface area contributed by atoms with Crippen LogP contribution in [0.1, 0.15) is 23.1 Å². The number of nitrogens with one attached hydrogen (secondary N) is 2. The predicted octanol–water partition coefficient (Wildman–Crippen LogP) is 2.29. The molecule has 1 aromatic heterocycles. The van der Waals surface area contributed by atoms with Crippen molar-refractivity contribution in [2.75, 3.05) is 13.2 Å². The van der Waals surface area contributed by atoms with Crippen LogP contribution in [0.2, 0.25) is 0 Å². The summed E-state index contributed by atoms with van der Waals surface area (Å²) in [6, 6.07) is 14.7. The van der Waals surface area contributed by atoms with Crippen molar-refractivity contribution < 1.29 is 9.53 Å². The van der Waals surface area contributed by atoms with Crippen molar-refractivity contribution in [1.82, 2.24) is 15.3 Å². The topological polar surface area (TPSA) is 84.1 Å². The van der Waals surface area contributed by atoms with E-state index in [-0.39, 0.29) is 11.4 Å². The third kappa shape index (κ3) is 4.03. The van der Waals surface area contributed by atoms with Crippen LogP contribution in [0.5, 0.6) is 5.75 Å². The molecule has 1 heterocycles. The second kappa shape index (κ2) is 7.61. The van der Waals surface area contributed by atoms with Crippen molar-refractivity contribution in [2.24, 2.45) is 0 Å². The van der Waals surface area contributed by atoms with Crippen LogP contribution in [0.3, 0.4) is 0 Å². The van der Waals surface area contributed by atoms with Gasteiger partial charge in [-0.15, -0.1) is 0 Å². The molecule has 0 atom stereocenters. The molecule has 6 heteroatoms. The molecule has 0 bridgehead atoms. The van der Waals surface area contributed by atoms with Crippen molar-refractivity contribution >= 4 is 16.8 Å². The van der Waals surface area contributed by atoms with Crippen LogP contribution >= 0.6 is 0 Å². The Morgan fingerprint density at radius 2 is 2.04 bits per heavy atom. The molecule has 0 saturated carbocycles. The molecule has 3 rings (SSSR count). The number of para-hydroxylation sites is 1. The summed E-state index contributed by atoms with van der Waals surface area (Å²) in [6.45, 7) is 2.98. The Bertz CT molecular complexity index is 950. The van der Waals surface area contributed by atoms with Crippen molar-refractivity contribution in [3.05, 3.63) is 70.3 Å². The lowest BCUT2D eigenvalue weighted by Gasteiger charge is -2.07. The average molecular weight is 337 g/mol. The summed E-state index contributed by atoms with van der Waals surface area (Å²) in [5, 5.41) is 3.24. The van der Waals surface area contributed by atoms with E-state index < -0.39 is 5.91 Å². The van der Waals surface area contributed by atoms with Crippen molar-refractivity contribution in [3.8, 4) is 5.75 Å². The number of fused-ring (bicyclic) bond motifs is 1. The van der Waals surface area contributed by atoms with Gasteiger partial charge in [0, 0.05) is 6.54 Å². The van der Waals surface area contributed by atoms with Gasteiger partial charge in [0.2, 0.25) is 0 Å². The van der Waals surface area contributed by atoms with Crippen LogP contribution in [0, 0.1) is 0 Å². The zero-order valence-corrected chi connectivity index (χ0v) is 13.9. The molecular formula is C19H19N3O3. The minimum atomic E-state index is -0.399. The first kappa shape index (κ1) is 16.7. The minimum Gasteiger partial charge on any atom is -0.494 e. The Hall–Kier alpha value is -3.15. The standard InChI is InChI=1S/C19H19N3O3/c1-2-25-14-7-5-6-13(12-14)10-11-20-19(24)17-21-16-9-4-3-8-15(16)18(23)22-17/h3-9,12H,2,10-11H2,1H3,(H,20,24)(H,21,22,23). The Balaban J connectivity index is 1.65. The van der Waals surface area contributed by atoms with Gasteiger partial charge in [0.1, 0.15) is 5.75 Å². The lowest BCUT2D eigenvalue weighted by Crippen LogP contribution is -2.29. The predicted molar refractivity (Wildman–Crippen MR) is 96.0 cm³/mol. The highest BCUT2D eigenvalue weighted by molar-refractivity contribution is 5.92. The monoisotopic (exact) mass is 337 g/mol. The zero-order chi connectivity index (χ0) is 17.6. The third-order valence-electron chi connectivity index (χ3n) is 3.74. The van der Waals surface area contributed by atoms with E-state index in [1.807, 2.05) is 31.2 Å². The maximum atomic E-state index is 12.2. The first-order valence-electron chi connectivity index (χ1n) is 8.16. The summed E-state index contributed by atoms with van der Waals surface area (Å²) >= 11 is 0. The lowest BCUT2D eigenvalue weighted by molar-refractivity contribution is 0.0944. The number of aromatic amines is 1. The number of rotatable bonds is 6. The van der Waals surface area contributed by atoms with Gasteiger partial charge in [-0.25, -0.2) is 4.98 Å². The van der Waals surface area contributed by atoms with Crippen LogP contribution in [0.15, 0.2) is 53.3 Å². The molecule has 0 aliphatic rings. The summed E-state index contributed by atoms with van der Waals surface area (Å²) < 4.78 is 5.46. The molecule has 2 N–H and O–H groups in total. The number of aromatic nitrogens is 2.